The molecule has 0 bridgehead atoms. The third-order valence-corrected chi connectivity index (χ3v) is 4.65. The molecule has 1 heterocycles. The molecule has 1 aliphatic heterocycles. The summed E-state index contributed by atoms with van der Waals surface area (Å²) in [6.45, 7) is -0.675. The maximum atomic E-state index is 12.2. The van der Waals surface area contributed by atoms with Gasteiger partial charge in [0.1, 0.15) is 13.2 Å². The van der Waals surface area contributed by atoms with Crippen LogP contribution in [0, 0.1) is 11.3 Å². The van der Waals surface area contributed by atoms with E-state index in [-0.39, 0.29) is 36.0 Å². The summed E-state index contributed by atoms with van der Waals surface area (Å²) in [6, 6.07) is 7.46. The van der Waals surface area contributed by atoms with E-state index in [1.165, 1.54) is 24.3 Å². The van der Waals surface area contributed by atoms with Crippen molar-refractivity contribution in [2.24, 2.45) is 0 Å². The Hall–Kier alpha value is -2.24. The van der Waals surface area contributed by atoms with E-state index in [9.17, 15) is 18.0 Å². The molecule has 2 amide bonds. The van der Waals surface area contributed by atoms with Crippen molar-refractivity contribution in [1.82, 2.24) is 4.90 Å². The largest absolute Gasteiger partial charge is 0.362 e. The van der Waals surface area contributed by atoms with Crippen LogP contribution in [-0.4, -0.2) is 50.6 Å². The number of nitrogens with zero attached hydrogens (tertiary/aromatic N) is 2. The van der Waals surface area contributed by atoms with Gasteiger partial charge in [0, 0.05) is 6.54 Å². The predicted molar refractivity (Wildman–Crippen MR) is 70.7 cm³/mol. The van der Waals surface area contributed by atoms with Crippen molar-refractivity contribution < 1.29 is 22.7 Å². The van der Waals surface area contributed by atoms with Crippen LogP contribution in [-0.2, 0) is 24.2 Å². The summed E-state index contributed by atoms with van der Waals surface area (Å²) in [4.78, 5) is 23.9. The summed E-state index contributed by atoms with van der Waals surface area (Å²) < 4.78 is 29.1. The molecule has 2 rings (SSSR count). The molecule has 0 aliphatic carbocycles. The summed E-state index contributed by atoms with van der Waals surface area (Å²) in [7, 11) is -3.68. The van der Waals surface area contributed by atoms with Crippen molar-refractivity contribution in [2.75, 3.05) is 25.5 Å². The smallest absolute Gasteiger partial charge is 0.255 e. The number of amides is 2. The molecular weight excluding hydrogens is 296 g/mol. The molecule has 0 aromatic heterocycles. The number of nitriles is 1. The number of sulfone groups is 1. The Balaban J connectivity index is 2.12. The predicted octanol–water partition coefficient (Wildman–Crippen LogP) is -0.283. The van der Waals surface area contributed by atoms with Crippen molar-refractivity contribution >= 4 is 21.7 Å². The molecule has 8 heteroatoms. The number of imide groups is 1. The highest BCUT2D eigenvalue weighted by Crippen LogP contribution is 2.14. The molecule has 0 N–H and O–H groups in total. The van der Waals surface area contributed by atoms with Gasteiger partial charge in [0.25, 0.3) is 11.8 Å². The zero-order valence-corrected chi connectivity index (χ0v) is 11.8. The van der Waals surface area contributed by atoms with Crippen LogP contribution in [0.3, 0.4) is 0 Å². The van der Waals surface area contributed by atoms with Crippen LogP contribution in [0.4, 0.5) is 0 Å². The lowest BCUT2D eigenvalue weighted by Gasteiger charge is -2.24. The molecule has 0 atom stereocenters. The van der Waals surface area contributed by atoms with Gasteiger partial charge >= 0.3 is 0 Å². The minimum atomic E-state index is -3.68. The second kappa shape index (κ2) is 6.03. The van der Waals surface area contributed by atoms with Crippen molar-refractivity contribution in [3.63, 3.8) is 0 Å². The van der Waals surface area contributed by atoms with Gasteiger partial charge in [0.15, 0.2) is 9.84 Å². The van der Waals surface area contributed by atoms with Gasteiger partial charge in [-0.25, -0.2) is 8.42 Å². The van der Waals surface area contributed by atoms with E-state index in [0.29, 0.717) is 0 Å². The summed E-state index contributed by atoms with van der Waals surface area (Å²) in [5.41, 5.74) is 0.231. The van der Waals surface area contributed by atoms with Crippen LogP contribution in [0.1, 0.15) is 5.56 Å². The lowest BCUT2D eigenvalue weighted by atomic mass is 10.2. The molecule has 0 spiro atoms. The maximum Gasteiger partial charge on any atom is 0.255 e. The molecule has 21 heavy (non-hydrogen) atoms. The fraction of sp³-hybridized carbons (Fsp3) is 0.308. The Bertz CT molecular complexity index is 704. The van der Waals surface area contributed by atoms with Crippen molar-refractivity contribution in [2.45, 2.75) is 4.90 Å². The Morgan fingerprint density at radius 3 is 2.52 bits per heavy atom. The van der Waals surface area contributed by atoms with Crippen LogP contribution >= 0.6 is 0 Å². The van der Waals surface area contributed by atoms with Crippen LogP contribution in [0.15, 0.2) is 29.2 Å². The zero-order valence-electron chi connectivity index (χ0n) is 11.0. The quantitative estimate of drug-likeness (QED) is 0.708. The van der Waals surface area contributed by atoms with Crippen molar-refractivity contribution in [3.8, 4) is 6.07 Å². The number of carbonyl (C=O) groups is 2. The third-order valence-electron chi connectivity index (χ3n) is 2.96. The Morgan fingerprint density at radius 1 is 1.24 bits per heavy atom. The van der Waals surface area contributed by atoms with E-state index in [0.717, 1.165) is 4.90 Å². The Morgan fingerprint density at radius 2 is 1.90 bits per heavy atom. The van der Waals surface area contributed by atoms with Crippen molar-refractivity contribution in [3.05, 3.63) is 29.8 Å². The van der Waals surface area contributed by atoms with E-state index in [1.807, 2.05) is 6.07 Å². The molecule has 7 nitrogen and oxygen atoms in total. The fourth-order valence-corrected chi connectivity index (χ4v) is 3.11. The van der Waals surface area contributed by atoms with E-state index < -0.39 is 21.7 Å². The van der Waals surface area contributed by atoms with Gasteiger partial charge in [-0.2, -0.15) is 5.26 Å². The first-order valence-corrected chi connectivity index (χ1v) is 7.73. The van der Waals surface area contributed by atoms with Crippen LogP contribution in [0.2, 0.25) is 0 Å². The highest BCUT2D eigenvalue weighted by atomic mass is 32.2. The summed E-state index contributed by atoms with van der Waals surface area (Å²) >= 11 is 0. The summed E-state index contributed by atoms with van der Waals surface area (Å²) in [5.74, 6) is -1.49. The highest BCUT2D eigenvalue weighted by Gasteiger charge is 2.28. The minimum Gasteiger partial charge on any atom is -0.362 e. The number of rotatable bonds is 4. The fourth-order valence-electron chi connectivity index (χ4n) is 1.86. The van der Waals surface area contributed by atoms with E-state index in [2.05, 4.69) is 0 Å². The van der Waals surface area contributed by atoms with Gasteiger partial charge in [-0.3, -0.25) is 14.5 Å². The van der Waals surface area contributed by atoms with Gasteiger partial charge in [0.2, 0.25) is 0 Å². The van der Waals surface area contributed by atoms with Gasteiger partial charge in [-0.15, -0.1) is 0 Å². The van der Waals surface area contributed by atoms with Gasteiger partial charge in [-0.05, 0) is 18.2 Å². The number of morpholine rings is 1. The summed E-state index contributed by atoms with van der Waals surface area (Å²) in [5, 5.41) is 8.77. The molecule has 110 valence electrons. The van der Waals surface area contributed by atoms with E-state index >= 15 is 0 Å². The average Bonchev–Trinajstić information content (AvgIpc) is 2.47. The average molecular weight is 308 g/mol. The molecule has 0 unspecified atom stereocenters. The van der Waals surface area contributed by atoms with Gasteiger partial charge in [-0.1, -0.05) is 6.07 Å². The Kier molecular flexibility index (Phi) is 4.35. The second-order valence-electron chi connectivity index (χ2n) is 4.39. The molecule has 0 saturated carbocycles. The van der Waals surface area contributed by atoms with Crippen LogP contribution in [0.5, 0.6) is 0 Å². The molecule has 1 aromatic carbocycles. The summed E-state index contributed by atoms with van der Waals surface area (Å²) in [6.07, 6.45) is 0. The number of hydrogen-bond acceptors (Lipinski definition) is 6. The van der Waals surface area contributed by atoms with E-state index in [4.69, 9.17) is 10.00 Å². The SMILES string of the molecule is N#Cc1cccc(S(=O)(=O)CCN2C(=O)COCC2=O)c1. The first-order valence-electron chi connectivity index (χ1n) is 6.08. The van der Waals surface area contributed by atoms with Crippen LogP contribution in [0.25, 0.3) is 0 Å². The lowest BCUT2D eigenvalue weighted by molar-refractivity contribution is -0.158. The first kappa shape index (κ1) is 15.2. The van der Waals surface area contributed by atoms with Crippen molar-refractivity contribution in [1.29, 1.82) is 5.26 Å². The van der Waals surface area contributed by atoms with Crippen LogP contribution < -0.4 is 0 Å². The molecule has 1 aliphatic rings. The lowest BCUT2D eigenvalue weighted by Crippen LogP contribution is -2.47. The molecule has 1 fully saturated rings. The molecule has 0 radical (unpaired) electrons. The monoisotopic (exact) mass is 308 g/mol. The second-order valence-corrected chi connectivity index (χ2v) is 6.50. The molecule has 1 aromatic rings. The zero-order chi connectivity index (χ0) is 15.5. The maximum absolute atomic E-state index is 12.2. The number of carbonyl (C=O) groups excluding carboxylic acids is 2. The molecule has 1 saturated heterocycles. The van der Waals surface area contributed by atoms with Gasteiger partial charge in [0.05, 0.1) is 22.3 Å². The standard InChI is InChI=1S/C13H12N2O5S/c14-7-10-2-1-3-11(6-10)21(18,19)5-4-15-12(16)8-20-9-13(15)17/h1-3,6H,4-5,8-9H2. The van der Waals surface area contributed by atoms with E-state index in [1.54, 1.807) is 0 Å². The topological polar surface area (TPSA) is 105 Å². The highest BCUT2D eigenvalue weighted by molar-refractivity contribution is 7.91. The Labute approximate surface area is 121 Å². The number of benzene rings is 1. The number of hydrogen-bond donors (Lipinski definition) is 0. The third kappa shape index (κ3) is 3.45. The molecular formula is C13H12N2O5S. The first-order chi connectivity index (χ1) is 9.94. The number of ether oxygens (including phenoxy) is 1. The minimum absolute atomic E-state index is 0.00490. The van der Waals surface area contributed by atoms with Gasteiger partial charge < -0.3 is 4.74 Å². The normalized spacial score (nSPS) is 15.9.